The molecule has 5 N–H and O–H groups in total. The molecular formula is C25H31ClO7. The highest BCUT2D eigenvalue weighted by atomic mass is 35.5. The number of aliphatic hydroxyl groups excluding tert-OH is 5. The van der Waals surface area contributed by atoms with Crippen molar-refractivity contribution in [3.05, 3.63) is 64.2 Å². The van der Waals surface area contributed by atoms with Crippen molar-refractivity contribution in [1.82, 2.24) is 0 Å². The average molecular weight is 479 g/mol. The Kier molecular flexibility index (Phi) is 7.91. The molecule has 0 aromatic heterocycles. The lowest BCUT2D eigenvalue weighted by Gasteiger charge is -2.40. The third-order valence-electron chi connectivity index (χ3n) is 6.56. The molecule has 8 heteroatoms. The van der Waals surface area contributed by atoms with Gasteiger partial charge in [0.2, 0.25) is 0 Å². The second-order valence-corrected chi connectivity index (χ2v) is 9.34. The maximum atomic E-state index is 10.4. The summed E-state index contributed by atoms with van der Waals surface area (Å²) in [5.41, 5.74) is 2.40. The van der Waals surface area contributed by atoms with Gasteiger partial charge >= 0.3 is 0 Å². The van der Waals surface area contributed by atoms with Crippen LogP contribution in [0.2, 0.25) is 5.02 Å². The van der Waals surface area contributed by atoms with Gasteiger partial charge in [-0.1, -0.05) is 42.3 Å². The summed E-state index contributed by atoms with van der Waals surface area (Å²) in [7, 11) is 0. The molecule has 2 aromatic carbocycles. The molecule has 0 amide bonds. The van der Waals surface area contributed by atoms with Gasteiger partial charge in [0.25, 0.3) is 0 Å². The van der Waals surface area contributed by atoms with Crippen LogP contribution < -0.4 is 4.74 Å². The van der Waals surface area contributed by atoms with Crippen LogP contribution in [0.3, 0.4) is 0 Å². The molecule has 7 atom stereocenters. The lowest BCUT2D eigenvalue weighted by molar-refractivity contribution is -0.231. The quantitative estimate of drug-likeness (QED) is 0.431. The van der Waals surface area contributed by atoms with Gasteiger partial charge in [0, 0.05) is 5.02 Å². The largest absolute Gasteiger partial charge is 0.488 e. The molecule has 2 aliphatic rings. The van der Waals surface area contributed by atoms with E-state index < -0.39 is 43.2 Å². The lowest BCUT2D eigenvalue weighted by atomic mass is 9.90. The molecule has 0 bridgehead atoms. The van der Waals surface area contributed by atoms with Crippen molar-refractivity contribution in [3.8, 4) is 5.75 Å². The molecule has 33 heavy (non-hydrogen) atoms. The fourth-order valence-electron chi connectivity index (χ4n) is 4.58. The van der Waals surface area contributed by atoms with Crippen molar-refractivity contribution in [2.45, 2.75) is 74.8 Å². The average Bonchev–Trinajstić information content (AvgIpc) is 2.82. The van der Waals surface area contributed by atoms with Crippen LogP contribution in [-0.4, -0.2) is 68.8 Å². The molecule has 1 aliphatic heterocycles. The summed E-state index contributed by atoms with van der Waals surface area (Å²) in [6.45, 7) is -0.478. The maximum absolute atomic E-state index is 10.4. The highest BCUT2D eigenvalue weighted by Gasteiger charge is 2.44. The maximum Gasteiger partial charge on any atom is 0.124 e. The molecule has 4 rings (SSSR count). The number of benzene rings is 2. The molecule has 1 aliphatic carbocycles. The van der Waals surface area contributed by atoms with E-state index in [9.17, 15) is 25.5 Å². The van der Waals surface area contributed by atoms with Gasteiger partial charge < -0.3 is 35.0 Å². The first-order valence-corrected chi connectivity index (χ1v) is 11.8. The van der Waals surface area contributed by atoms with Crippen molar-refractivity contribution in [1.29, 1.82) is 0 Å². The first-order chi connectivity index (χ1) is 15.9. The van der Waals surface area contributed by atoms with Crippen molar-refractivity contribution < 1.29 is 35.0 Å². The first-order valence-electron chi connectivity index (χ1n) is 11.4. The van der Waals surface area contributed by atoms with E-state index in [4.69, 9.17) is 21.1 Å². The smallest absolute Gasteiger partial charge is 0.124 e. The molecule has 2 aromatic rings. The van der Waals surface area contributed by atoms with E-state index in [1.807, 2.05) is 24.3 Å². The number of halogens is 1. The van der Waals surface area contributed by atoms with Crippen LogP contribution in [0.25, 0.3) is 0 Å². The van der Waals surface area contributed by atoms with E-state index in [0.717, 1.165) is 36.8 Å². The van der Waals surface area contributed by atoms with E-state index in [-0.39, 0.29) is 6.10 Å². The number of rotatable bonds is 6. The van der Waals surface area contributed by atoms with Crippen LogP contribution in [-0.2, 0) is 11.2 Å². The van der Waals surface area contributed by atoms with Crippen LogP contribution in [0.5, 0.6) is 5.75 Å². The van der Waals surface area contributed by atoms with Crippen LogP contribution in [0.1, 0.15) is 48.5 Å². The van der Waals surface area contributed by atoms with E-state index in [1.165, 1.54) is 0 Å². The Morgan fingerprint density at radius 3 is 2.33 bits per heavy atom. The normalized spacial score (nSPS) is 32.5. The van der Waals surface area contributed by atoms with Gasteiger partial charge in [-0.3, -0.25) is 0 Å². The Labute approximate surface area is 198 Å². The molecular weight excluding hydrogens is 448 g/mol. The first kappa shape index (κ1) is 24.4. The molecule has 1 unspecified atom stereocenters. The Bertz CT molecular complexity index is 919. The van der Waals surface area contributed by atoms with Crippen LogP contribution in [0.15, 0.2) is 42.5 Å². The van der Waals surface area contributed by atoms with Gasteiger partial charge in [0.15, 0.2) is 0 Å². The van der Waals surface area contributed by atoms with E-state index in [1.54, 1.807) is 18.2 Å². The minimum absolute atomic E-state index is 0.172. The standard InChI is InChI=1S/C25H31ClO7/c26-18-10-7-15(25-24(31)23(30)22(29)21(13-27)33-25)12-16(18)11-14-5-8-17(9-6-14)32-20-4-2-1-3-19(20)28/h5-10,12,19-25,27-31H,1-4,11,13H2/t19-,20?,21+,22+,23-,24+,25-/m0/s1. The number of hydrogen-bond acceptors (Lipinski definition) is 7. The van der Waals surface area contributed by atoms with Crippen molar-refractivity contribution in [3.63, 3.8) is 0 Å². The summed E-state index contributed by atoms with van der Waals surface area (Å²) in [6, 6.07) is 12.9. The molecule has 180 valence electrons. The topological polar surface area (TPSA) is 120 Å². The van der Waals surface area contributed by atoms with Gasteiger partial charge in [-0.15, -0.1) is 0 Å². The molecule has 1 heterocycles. The fourth-order valence-corrected chi connectivity index (χ4v) is 4.76. The van der Waals surface area contributed by atoms with Crippen molar-refractivity contribution in [2.75, 3.05) is 6.61 Å². The summed E-state index contributed by atoms with van der Waals surface area (Å²) in [5, 5.41) is 50.7. The number of ether oxygens (including phenoxy) is 2. The predicted molar refractivity (Wildman–Crippen MR) is 122 cm³/mol. The zero-order chi connectivity index (χ0) is 23.5. The molecule has 0 radical (unpaired) electrons. The van der Waals surface area contributed by atoms with Crippen molar-refractivity contribution in [2.24, 2.45) is 0 Å². The lowest BCUT2D eigenvalue weighted by Crippen LogP contribution is -2.55. The third kappa shape index (κ3) is 5.52. The summed E-state index contributed by atoms with van der Waals surface area (Å²) in [4.78, 5) is 0. The van der Waals surface area contributed by atoms with Crippen LogP contribution in [0, 0.1) is 0 Å². The van der Waals surface area contributed by atoms with Gasteiger partial charge in [-0.25, -0.2) is 0 Å². The minimum atomic E-state index is -1.43. The second-order valence-electron chi connectivity index (χ2n) is 8.93. The Morgan fingerprint density at radius 2 is 1.64 bits per heavy atom. The van der Waals surface area contributed by atoms with Crippen molar-refractivity contribution >= 4 is 11.6 Å². The molecule has 0 spiro atoms. The van der Waals surface area contributed by atoms with E-state index in [0.29, 0.717) is 22.8 Å². The van der Waals surface area contributed by atoms with E-state index >= 15 is 0 Å². The Hall–Kier alpha value is -1.71. The molecule has 7 nitrogen and oxygen atoms in total. The predicted octanol–water partition coefficient (Wildman–Crippen LogP) is 2.13. The van der Waals surface area contributed by atoms with Crippen LogP contribution >= 0.6 is 11.6 Å². The summed E-state index contributed by atoms with van der Waals surface area (Å²) < 4.78 is 11.6. The van der Waals surface area contributed by atoms with Gasteiger partial charge in [0.05, 0.1) is 12.7 Å². The SMILES string of the molecule is OC[C@H]1O[C@@H](c2ccc(Cl)c(Cc3ccc(OC4CCCC[C@@H]4O)cc3)c2)[C@H](O)[C@@H](O)[C@@H]1O. The summed E-state index contributed by atoms with van der Waals surface area (Å²) >= 11 is 6.42. The molecule has 2 fully saturated rings. The van der Waals surface area contributed by atoms with E-state index in [2.05, 4.69) is 0 Å². The highest BCUT2D eigenvalue weighted by Crippen LogP contribution is 2.34. The zero-order valence-electron chi connectivity index (χ0n) is 18.3. The number of aliphatic hydroxyl groups is 5. The van der Waals surface area contributed by atoms with Gasteiger partial charge in [-0.05, 0) is 60.6 Å². The molecule has 1 saturated carbocycles. The highest BCUT2D eigenvalue weighted by molar-refractivity contribution is 6.31. The summed E-state index contributed by atoms with van der Waals surface area (Å²) in [5.74, 6) is 0.714. The van der Waals surface area contributed by atoms with Gasteiger partial charge in [-0.2, -0.15) is 0 Å². The van der Waals surface area contributed by atoms with Gasteiger partial charge in [0.1, 0.15) is 42.4 Å². The Balaban J connectivity index is 1.47. The minimum Gasteiger partial charge on any atom is -0.488 e. The summed E-state index contributed by atoms with van der Waals surface area (Å²) in [6.07, 6.45) is -2.42. The second kappa shape index (κ2) is 10.7. The third-order valence-corrected chi connectivity index (χ3v) is 6.93. The molecule has 1 saturated heterocycles. The zero-order valence-corrected chi connectivity index (χ0v) is 19.0. The fraction of sp³-hybridized carbons (Fsp3) is 0.520. The van der Waals surface area contributed by atoms with Crippen LogP contribution in [0.4, 0.5) is 0 Å². The Morgan fingerprint density at radius 1 is 0.909 bits per heavy atom. The number of hydrogen-bond donors (Lipinski definition) is 5. The monoisotopic (exact) mass is 478 g/mol.